The molecule has 0 spiro atoms. The molecule has 6 nitrogen and oxygen atoms in total. The van der Waals surface area contributed by atoms with Crippen molar-refractivity contribution in [2.75, 3.05) is 39.3 Å². The molecule has 2 aliphatic heterocycles. The highest BCUT2D eigenvalue weighted by Gasteiger charge is 2.36. The summed E-state index contributed by atoms with van der Waals surface area (Å²) in [6.07, 6.45) is 4.69. The van der Waals surface area contributed by atoms with Gasteiger partial charge in [0.1, 0.15) is 0 Å². The van der Waals surface area contributed by atoms with Gasteiger partial charge in [0.25, 0.3) is 5.91 Å². The van der Waals surface area contributed by atoms with Crippen molar-refractivity contribution in [2.45, 2.75) is 16.4 Å². The number of thiazole rings is 1. The quantitative estimate of drug-likeness (QED) is 0.483. The Balaban J connectivity index is 1.20. The summed E-state index contributed by atoms with van der Waals surface area (Å²) in [6, 6.07) is 6.18. The molecule has 170 valence electrons. The molecule has 0 aliphatic carbocycles. The summed E-state index contributed by atoms with van der Waals surface area (Å²) in [5, 5.41) is 2.30. The second-order valence-corrected chi connectivity index (χ2v) is 9.55. The highest BCUT2D eigenvalue weighted by molar-refractivity contribution is 8.00. The van der Waals surface area contributed by atoms with Crippen molar-refractivity contribution in [3.05, 3.63) is 52.5 Å². The molecule has 0 bridgehead atoms. The first-order chi connectivity index (χ1) is 15.3. The number of amides is 2. The van der Waals surface area contributed by atoms with Gasteiger partial charge in [-0.2, -0.15) is 13.2 Å². The minimum absolute atomic E-state index is 0.0276. The molecule has 0 unspecified atom stereocenters. The van der Waals surface area contributed by atoms with E-state index in [1.54, 1.807) is 34.7 Å². The molecule has 32 heavy (non-hydrogen) atoms. The Hall–Kier alpha value is -2.37. The van der Waals surface area contributed by atoms with E-state index < -0.39 is 5.51 Å². The number of carbonyl (C=O) groups excluding carboxylic acids is 2. The molecule has 2 amide bonds. The van der Waals surface area contributed by atoms with E-state index in [-0.39, 0.29) is 34.5 Å². The van der Waals surface area contributed by atoms with Crippen molar-refractivity contribution in [1.29, 1.82) is 0 Å². The van der Waals surface area contributed by atoms with E-state index in [0.717, 1.165) is 13.1 Å². The summed E-state index contributed by atoms with van der Waals surface area (Å²) >= 11 is 1.18. The van der Waals surface area contributed by atoms with E-state index in [1.165, 1.54) is 29.5 Å². The minimum atomic E-state index is -4.31. The van der Waals surface area contributed by atoms with Gasteiger partial charge in [0, 0.05) is 67.9 Å². The number of halogens is 3. The smallest absolute Gasteiger partial charge is 0.336 e. The first-order valence-corrected chi connectivity index (χ1v) is 11.7. The monoisotopic (exact) mass is 482 g/mol. The van der Waals surface area contributed by atoms with Crippen LogP contribution in [0.5, 0.6) is 0 Å². The van der Waals surface area contributed by atoms with Crippen molar-refractivity contribution in [2.24, 2.45) is 0 Å². The summed E-state index contributed by atoms with van der Waals surface area (Å²) in [4.78, 5) is 34.8. The van der Waals surface area contributed by atoms with Crippen LogP contribution < -0.4 is 0 Å². The first kappa shape index (κ1) is 22.8. The van der Waals surface area contributed by atoms with Gasteiger partial charge >= 0.3 is 5.51 Å². The number of hydrogen-bond acceptors (Lipinski definition) is 6. The van der Waals surface area contributed by atoms with Crippen molar-refractivity contribution in [1.82, 2.24) is 19.7 Å². The molecule has 11 heteroatoms. The summed E-state index contributed by atoms with van der Waals surface area (Å²) < 4.78 is 37.2. The van der Waals surface area contributed by atoms with Crippen molar-refractivity contribution >= 4 is 41.0 Å². The van der Waals surface area contributed by atoms with Gasteiger partial charge in [-0.1, -0.05) is 12.1 Å². The number of rotatable bonds is 5. The van der Waals surface area contributed by atoms with Gasteiger partial charge in [0.2, 0.25) is 5.91 Å². The van der Waals surface area contributed by atoms with Crippen LogP contribution in [0.15, 0.2) is 46.8 Å². The zero-order valence-corrected chi connectivity index (χ0v) is 18.6. The second-order valence-electron chi connectivity index (χ2n) is 7.51. The number of likely N-dealkylation sites (tertiary alicyclic amines) is 1. The standard InChI is InChI=1S/C21H21F3N4O2S2/c22-21(23,24)32-17-4-1-15(2-5-17)3-6-18(29)28-13-16(14-28)26-8-10-27(11-9-26)20(30)19-25-7-12-31-19/h1-7,12,16H,8-11,13-14H2/b6-3+. The van der Waals surface area contributed by atoms with Crippen LogP contribution in [0.25, 0.3) is 6.08 Å². The maximum atomic E-state index is 12.4. The molecular formula is C21H21F3N4O2S2. The average Bonchev–Trinajstić information content (AvgIpc) is 3.26. The lowest BCUT2D eigenvalue weighted by atomic mass is 10.1. The fraction of sp³-hybridized carbons (Fsp3) is 0.381. The fourth-order valence-corrected chi connectivity index (χ4v) is 4.82. The molecule has 2 saturated heterocycles. The van der Waals surface area contributed by atoms with Crippen LogP contribution in [0, 0.1) is 0 Å². The van der Waals surface area contributed by atoms with Crippen molar-refractivity contribution < 1.29 is 22.8 Å². The number of piperazine rings is 1. The number of aromatic nitrogens is 1. The third-order valence-electron chi connectivity index (χ3n) is 5.44. The number of carbonyl (C=O) groups is 2. The van der Waals surface area contributed by atoms with Gasteiger partial charge in [-0.3, -0.25) is 14.5 Å². The van der Waals surface area contributed by atoms with Crippen LogP contribution in [0.4, 0.5) is 13.2 Å². The third kappa shape index (κ3) is 5.70. The van der Waals surface area contributed by atoms with Gasteiger partial charge in [-0.25, -0.2) is 4.98 Å². The van der Waals surface area contributed by atoms with E-state index >= 15 is 0 Å². The average molecular weight is 483 g/mol. The number of hydrogen-bond donors (Lipinski definition) is 0. The van der Waals surface area contributed by atoms with Crippen LogP contribution >= 0.6 is 23.1 Å². The van der Waals surface area contributed by atoms with E-state index in [9.17, 15) is 22.8 Å². The zero-order chi connectivity index (χ0) is 22.7. The Morgan fingerprint density at radius 1 is 1.06 bits per heavy atom. The van der Waals surface area contributed by atoms with E-state index in [2.05, 4.69) is 9.88 Å². The lowest BCUT2D eigenvalue weighted by Gasteiger charge is -2.47. The van der Waals surface area contributed by atoms with E-state index in [0.29, 0.717) is 36.8 Å². The summed E-state index contributed by atoms with van der Waals surface area (Å²) in [5.74, 6) is -0.146. The number of benzene rings is 1. The Morgan fingerprint density at radius 3 is 2.34 bits per heavy atom. The van der Waals surface area contributed by atoms with Gasteiger partial charge in [-0.05, 0) is 35.5 Å². The molecule has 0 atom stereocenters. The first-order valence-electron chi connectivity index (χ1n) is 10.0. The SMILES string of the molecule is O=C(/C=C/c1ccc(SC(F)(F)F)cc1)N1CC(N2CCN(C(=O)c3nccs3)CC2)C1. The normalized spacial score (nSPS) is 18.2. The molecule has 4 rings (SSSR count). The summed E-state index contributed by atoms with van der Waals surface area (Å²) in [7, 11) is 0. The topological polar surface area (TPSA) is 56.8 Å². The van der Waals surface area contributed by atoms with Crippen LogP contribution in [0.1, 0.15) is 15.4 Å². The van der Waals surface area contributed by atoms with E-state index in [1.807, 2.05) is 4.90 Å². The Bertz CT molecular complexity index is 966. The molecule has 1 aromatic carbocycles. The van der Waals surface area contributed by atoms with Crippen LogP contribution in [-0.4, -0.2) is 82.3 Å². The second kappa shape index (κ2) is 9.63. The van der Waals surface area contributed by atoms with Crippen LogP contribution in [0.3, 0.4) is 0 Å². The Labute approximate surface area is 191 Å². The van der Waals surface area contributed by atoms with Crippen LogP contribution in [0.2, 0.25) is 0 Å². The molecule has 0 N–H and O–H groups in total. The van der Waals surface area contributed by atoms with Gasteiger partial charge in [0.05, 0.1) is 0 Å². The maximum absolute atomic E-state index is 12.4. The van der Waals surface area contributed by atoms with E-state index in [4.69, 9.17) is 0 Å². The predicted molar refractivity (Wildman–Crippen MR) is 117 cm³/mol. The molecule has 0 saturated carbocycles. The lowest BCUT2D eigenvalue weighted by Crippen LogP contribution is -2.64. The highest BCUT2D eigenvalue weighted by atomic mass is 32.2. The van der Waals surface area contributed by atoms with Gasteiger partial charge in [-0.15, -0.1) is 11.3 Å². The molecule has 3 heterocycles. The van der Waals surface area contributed by atoms with Crippen molar-refractivity contribution in [3.8, 4) is 0 Å². The summed E-state index contributed by atoms with van der Waals surface area (Å²) in [5.41, 5.74) is -3.65. The Kier molecular flexibility index (Phi) is 6.87. The highest BCUT2D eigenvalue weighted by Crippen LogP contribution is 2.36. The summed E-state index contributed by atoms with van der Waals surface area (Å²) in [6.45, 7) is 4.08. The van der Waals surface area contributed by atoms with Crippen LogP contribution in [-0.2, 0) is 4.79 Å². The minimum Gasteiger partial charge on any atom is -0.336 e. The molecule has 2 aliphatic rings. The molecule has 2 fully saturated rings. The lowest BCUT2D eigenvalue weighted by molar-refractivity contribution is -0.133. The number of nitrogens with zero attached hydrogens (tertiary/aromatic N) is 4. The van der Waals surface area contributed by atoms with Gasteiger partial charge in [0.15, 0.2) is 5.01 Å². The fourth-order valence-electron chi connectivity index (χ4n) is 3.67. The molecule has 2 aromatic rings. The van der Waals surface area contributed by atoms with Gasteiger partial charge < -0.3 is 9.80 Å². The van der Waals surface area contributed by atoms with Crippen molar-refractivity contribution in [3.63, 3.8) is 0 Å². The largest absolute Gasteiger partial charge is 0.446 e. The zero-order valence-electron chi connectivity index (χ0n) is 17.0. The maximum Gasteiger partial charge on any atom is 0.446 e. The molecule has 1 aromatic heterocycles. The Morgan fingerprint density at radius 2 is 1.75 bits per heavy atom. The third-order valence-corrected chi connectivity index (χ3v) is 6.94. The number of thioether (sulfide) groups is 1. The predicted octanol–water partition coefficient (Wildman–Crippen LogP) is 3.44. The molecular weight excluding hydrogens is 461 g/mol. The number of alkyl halides is 3. The molecule has 0 radical (unpaired) electrons.